The number of nitrogens with zero attached hydrogens (tertiary/aromatic N) is 7. The number of rotatable bonds is 19. The van der Waals surface area contributed by atoms with Crippen molar-refractivity contribution in [1.29, 1.82) is 0 Å². The minimum absolute atomic E-state index is 0.0433. The third-order valence-corrected chi connectivity index (χ3v) is 12.1. The molecule has 5 aromatic rings. The standard InChI is InChI=1S/C45H49FN12O8/c46-31-22-28(6-7-32(31)52-40-41-49-25-36(29-23-50-51-24-29)57(41)26-34(53-40)27-4-5-27)43(62)56-16-14-55(15-17-56)13-11-48-37(59)10-18-65-20-21-66-19-12-47-33-3-1-2-30-39(33)45(64)58(44(30)63)35-8-9-38(60)54-42(35)61/h1-3,6-7,22-27,35,47H,4-5,8-21H2,(H,48,59)(H,50,51)(H,52,53)(H,54,60,61). The highest BCUT2D eigenvalue weighted by molar-refractivity contribution is 6.25. The molecule has 344 valence electrons. The highest BCUT2D eigenvalue weighted by atomic mass is 19.1. The lowest BCUT2D eigenvalue weighted by Crippen LogP contribution is -2.54. The van der Waals surface area contributed by atoms with Gasteiger partial charge in [0.2, 0.25) is 17.7 Å². The van der Waals surface area contributed by atoms with E-state index in [1.165, 1.54) is 12.1 Å². The van der Waals surface area contributed by atoms with Crippen LogP contribution in [0.1, 0.15) is 74.8 Å². The number of anilines is 3. The van der Waals surface area contributed by atoms with E-state index in [1.54, 1.807) is 47.8 Å². The third-order valence-electron chi connectivity index (χ3n) is 12.1. The van der Waals surface area contributed by atoms with E-state index in [1.807, 2.05) is 10.6 Å². The second-order valence-electron chi connectivity index (χ2n) is 16.5. The first kappa shape index (κ1) is 44.1. The van der Waals surface area contributed by atoms with E-state index in [2.05, 4.69) is 41.3 Å². The molecule has 3 aromatic heterocycles. The lowest BCUT2D eigenvalue weighted by molar-refractivity contribution is -0.136. The minimum atomic E-state index is -1.04. The number of imide groups is 2. The highest BCUT2D eigenvalue weighted by Crippen LogP contribution is 2.41. The number of piperidine rings is 1. The van der Waals surface area contributed by atoms with Gasteiger partial charge in [0.1, 0.15) is 11.9 Å². The molecule has 1 atom stereocenters. The van der Waals surface area contributed by atoms with E-state index in [9.17, 15) is 28.8 Å². The van der Waals surface area contributed by atoms with E-state index in [-0.39, 0.29) is 79.9 Å². The molecule has 1 aliphatic carbocycles. The van der Waals surface area contributed by atoms with Crippen molar-refractivity contribution >= 4 is 58.3 Å². The Balaban J connectivity index is 0.641. The molecule has 5 N–H and O–H groups in total. The first-order chi connectivity index (χ1) is 32.1. The number of carbonyl (C=O) groups is 6. The second-order valence-corrected chi connectivity index (χ2v) is 16.5. The van der Waals surface area contributed by atoms with Gasteiger partial charge < -0.3 is 30.3 Å². The smallest absolute Gasteiger partial charge is 0.264 e. The van der Waals surface area contributed by atoms with E-state index < -0.39 is 35.5 Å². The van der Waals surface area contributed by atoms with Crippen molar-refractivity contribution in [3.8, 4) is 11.3 Å². The van der Waals surface area contributed by atoms with Crippen LogP contribution in [0.2, 0.25) is 0 Å². The van der Waals surface area contributed by atoms with Gasteiger partial charge in [-0.05, 0) is 49.6 Å². The largest absolute Gasteiger partial charge is 0.382 e. The molecule has 3 fully saturated rings. The molecule has 2 aromatic carbocycles. The van der Waals surface area contributed by atoms with E-state index in [4.69, 9.17) is 14.5 Å². The maximum absolute atomic E-state index is 15.6. The zero-order valence-electron chi connectivity index (χ0n) is 36.0. The molecule has 66 heavy (non-hydrogen) atoms. The summed E-state index contributed by atoms with van der Waals surface area (Å²) >= 11 is 0. The lowest BCUT2D eigenvalue weighted by atomic mass is 10.0. The summed E-state index contributed by atoms with van der Waals surface area (Å²) in [7, 11) is 0. The molecule has 20 nitrogen and oxygen atoms in total. The zero-order valence-corrected chi connectivity index (χ0v) is 36.0. The summed E-state index contributed by atoms with van der Waals surface area (Å²) in [6.07, 6.45) is 9.60. The van der Waals surface area contributed by atoms with Gasteiger partial charge in [-0.2, -0.15) is 5.10 Å². The normalized spacial score (nSPS) is 17.6. The number of hydrogen-bond donors (Lipinski definition) is 5. The average Bonchev–Trinajstić information content (AvgIpc) is 3.74. The Morgan fingerprint density at radius 3 is 2.47 bits per heavy atom. The number of carbonyl (C=O) groups excluding carboxylic acids is 6. The molecule has 6 heterocycles. The predicted molar refractivity (Wildman–Crippen MR) is 235 cm³/mol. The number of ether oxygens (including phenoxy) is 2. The Hall–Kier alpha value is -7.10. The number of benzene rings is 2. The van der Waals surface area contributed by atoms with Gasteiger partial charge in [0, 0.05) is 93.8 Å². The number of nitrogens with one attached hydrogen (secondary N) is 5. The Bertz CT molecular complexity index is 2660. The number of H-pyrrole nitrogens is 1. The topological polar surface area (TPSA) is 238 Å². The van der Waals surface area contributed by atoms with Gasteiger partial charge in [-0.15, -0.1) is 0 Å². The fraction of sp³-hybridized carbons (Fsp3) is 0.400. The van der Waals surface area contributed by atoms with Crippen LogP contribution in [0.15, 0.2) is 61.2 Å². The van der Waals surface area contributed by atoms with Crippen molar-refractivity contribution in [2.75, 3.05) is 82.9 Å². The van der Waals surface area contributed by atoms with Crippen molar-refractivity contribution in [2.24, 2.45) is 0 Å². The molecule has 21 heteroatoms. The van der Waals surface area contributed by atoms with Crippen LogP contribution in [0.25, 0.3) is 16.9 Å². The van der Waals surface area contributed by atoms with Crippen LogP contribution in [0.4, 0.5) is 21.6 Å². The fourth-order valence-corrected chi connectivity index (χ4v) is 8.35. The van der Waals surface area contributed by atoms with Gasteiger partial charge in [-0.25, -0.2) is 14.4 Å². The molecule has 3 aliphatic heterocycles. The molecule has 1 saturated carbocycles. The van der Waals surface area contributed by atoms with Crippen molar-refractivity contribution in [3.63, 3.8) is 0 Å². The predicted octanol–water partition coefficient (Wildman–Crippen LogP) is 2.69. The monoisotopic (exact) mass is 904 g/mol. The van der Waals surface area contributed by atoms with E-state index in [0.717, 1.165) is 34.7 Å². The quantitative estimate of drug-likeness (QED) is 0.0592. The first-order valence-corrected chi connectivity index (χ1v) is 22.1. The maximum atomic E-state index is 15.6. The van der Waals surface area contributed by atoms with Gasteiger partial charge in [-0.1, -0.05) is 6.07 Å². The molecule has 0 spiro atoms. The highest BCUT2D eigenvalue weighted by Gasteiger charge is 2.45. The van der Waals surface area contributed by atoms with Crippen molar-refractivity contribution < 1.29 is 42.6 Å². The van der Waals surface area contributed by atoms with E-state index in [0.29, 0.717) is 68.9 Å². The summed E-state index contributed by atoms with van der Waals surface area (Å²) in [6, 6.07) is 8.23. The molecule has 0 bridgehead atoms. The summed E-state index contributed by atoms with van der Waals surface area (Å²) in [6.45, 7) is 4.59. The van der Waals surface area contributed by atoms with Crippen LogP contribution in [0, 0.1) is 5.82 Å². The number of amides is 6. The summed E-state index contributed by atoms with van der Waals surface area (Å²) in [5, 5.41) is 18.2. The van der Waals surface area contributed by atoms with Gasteiger partial charge in [0.05, 0.1) is 67.0 Å². The number of imidazole rings is 1. The van der Waals surface area contributed by atoms with Gasteiger partial charge in [-0.3, -0.25) is 53.4 Å². The molecule has 4 aliphatic rings. The number of piperazine rings is 1. The van der Waals surface area contributed by atoms with Crippen molar-refractivity contribution in [2.45, 2.75) is 44.1 Å². The van der Waals surface area contributed by atoms with Gasteiger partial charge in [0.25, 0.3) is 17.7 Å². The minimum Gasteiger partial charge on any atom is -0.382 e. The van der Waals surface area contributed by atoms with Crippen LogP contribution in [0.3, 0.4) is 0 Å². The van der Waals surface area contributed by atoms with Crippen LogP contribution < -0.4 is 21.3 Å². The summed E-state index contributed by atoms with van der Waals surface area (Å²) in [5.41, 5.74) is 4.40. The lowest BCUT2D eigenvalue weighted by Gasteiger charge is -2.34. The third kappa shape index (κ3) is 9.63. The number of aromatic amines is 1. The molecular formula is C45H49FN12O8. The van der Waals surface area contributed by atoms with Crippen LogP contribution in [0.5, 0.6) is 0 Å². The Morgan fingerprint density at radius 1 is 0.894 bits per heavy atom. The molecule has 1 unspecified atom stereocenters. The molecule has 6 amide bonds. The van der Waals surface area contributed by atoms with Crippen LogP contribution in [-0.2, 0) is 23.9 Å². The summed E-state index contributed by atoms with van der Waals surface area (Å²) in [4.78, 5) is 90.2. The number of halogens is 1. The molecule has 0 radical (unpaired) electrons. The Morgan fingerprint density at radius 2 is 1.71 bits per heavy atom. The second kappa shape index (κ2) is 19.6. The number of hydrogen-bond acceptors (Lipinski definition) is 14. The van der Waals surface area contributed by atoms with Crippen LogP contribution in [-0.4, -0.2) is 153 Å². The fourth-order valence-electron chi connectivity index (χ4n) is 8.35. The molecular weight excluding hydrogens is 856 g/mol. The average molecular weight is 905 g/mol. The van der Waals surface area contributed by atoms with Crippen LogP contribution >= 0.6 is 0 Å². The number of fused-ring (bicyclic) bond motifs is 2. The number of aromatic nitrogens is 5. The van der Waals surface area contributed by atoms with Crippen molar-refractivity contribution in [3.05, 3.63) is 89.4 Å². The maximum Gasteiger partial charge on any atom is 0.264 e. The molecule has 9 rings (SSSR count). The zero-order chi connectivity index (χ0) is 45.7. The van der Waals surface area contributed by atoms with E-state index >= 15 is 4.39 Å². The summed E-state index contributed by atoms with van der Waals surface area (Å²) < 4.78 is 28.7. The Kier molecular flexibility index (Phi) is 13.1. The van der Waals surface area contributed by atoms with Crippen molar-refractivity contribution in [1.82, 2.24) is 49.9 Å². The molecule has 2 saturated heterocycles. The van der Waals surface area contributed by atoms with Gasteiger partial charge >= 0.3 is 0 Å². The van der Waals surface area contributed by atoms with Gasteiger partial charge in [0.15, 0.2) is 11.5 Å². The first-order valence-electron chi connectivity index (χ1n) is 22.1. The summed E-state index contributed by atoms with van der Waals surface area (Å²) in [5.74, 6) is -2.47. The Labute approximate surface area is 377 Å². The SMILES string of the molecule is O=C(CCOCCOCCNc1cccc2c1C(=O)N(C1CCC(=O)NC1=O)C2=O)NCCN1CCN(C(=O)c2ccc(Nc3nc(C4CC4)cn4c(-c5cn[nH]c5)cnc34)c(F)c2)CC1.